The Morgan fingerprint density at radius 2 is 1.76 bits per heavy atom. The molecule has 10 nitrogen and oxygen atoms in total. The number of pyridine rings is 2. The molecule has 0 radical (unpaired) electrons. The molecule has 5 unspecified atom stereocenters. The van der Waals surface area contributed by atoms with E-state index in [9.17, 15) is 10.1 Å². The molecule has 0 N–H and O–H groups in total. The molecule has 2 aliphatic rings. The standard InChI is InChI=1S/C24H24N4O6/c1-31-19-8-6-16(7-9-19)15-32-21-12-20(17-4-2-10-25-13-17)22-23(27(29)30)24(34-28(22)33-21)18-5-3-11-26-14-18/h2-11,13-14,20-24H,12,15H2,1H3. The Labute approximate surface area is 196 Å². The summed E-state index contributed by atoms with van der Waals surface area (Å²) in [5.74, 6) is 0.468. The van der Waals surface area contributed by atoms with E-state index >= 15 is 0 Å². The molecule has 2 fully saturated rings. The van der Waals surface area contributed by atoms with Crippen molar-refractivity contribution in [3.63, 3.8) is 0 Å². The normalized spacial score (nSPS) is 26.7. The van der Waals surface area contributed by atoms with E-state index in [1.807, 2.05) is 36.4 Å². The van der Waals surface area contributed by atoms with Crippen LogP contribution in [0.2, 0.25) is 0 Å². The zero-order valence-corrected chi connectivity index (χ0v) is 18.5. The van der Waals surface area contributed by atoms with E-state index in [4.69, 9.17) is 19.1 Å². The fourth-order valence-electron chi connectivity index (χ4n) is 4.51. The zero-order valence-electron chi connectivity index (χ0n) is 18.5. The van der Waals surface area contributed by atoms with Gasteiger partial charge in [-0.3, -0.25) is 24.9 Å². The maximum absolute atomic E-state index is 12.2. The first-order chi connectivity index (χ1) is 16.6. The smallest absolute Gasteiger partial charge is 0.265 e. The average molecular weight is 464 g/mol. The van der Waals surface area contributed by atoms with Crippen molar-refractivity contribution in [2.75, 3.05) is 7.11 Å². The predicted octanol–water partition coefficient (Wildman–Crippen LogP) is 3.45. The second kappa shape index (κ2) is 9.82. The second-order valence-electron chi connectivity index (χ2n) is 8.19. The molecule has 5 atom stereocenters. The summed E-state index contributed by atoms with van der Waals surface area (Å²) >= 11 is 0. The summed E-state index contributed by atoms with van der Waals surface area (Å²) in [4.78, 5) is 32.2. The molecule has 1 aromatic carbocycles. The Bertz CT molecular complexity index is 1100. The molecule has 3 aromatic rings. The molecular formula is C24H24N4O6. The Morgan fingerprint density at radius 1 is 1.06 bits per heavy atom. The number of hydrogen-bond donors (Lipinski definition) is 0. The Kier molecular flexibility index (Phi) is 6.45. The lowest BCUT2D eigenvalue weighted by Crippen LogP contribution is -2.50. The molecular weight excluding hydrogens is 440 g/mol. The predicted molar refractivity (Wildman–Crippen MR) is 119 cm³/mol. The van der Waals surface area contributed by atoms with Crippen molar-refractivity contribution in [2.45, 2.75) is 43.4 Å². The molecule has 0 amide bonds. The highest BCUT2D eigenvalue weighted by atomic mass is 17.0. The van der Waals surface area contributed by atoms with Crippen LogP contribution in [0.25, 0.3) is 0 Å². The number of hydrogen-bond acceptors (Lipinski definition) is 9. The molecule has 2 saturated heterocycles. The summed E-state index contributed by atoms with van der Waals surface area (Å²) in [6.45, 7) is 0.303. The molecule has 0 bridgehead atoms. The minimum atomic E-state index is -1.06. The zero-order chi connectivity index (χ0) is 23.5. The van der Waals surface area contributed by atoms with Crippen LogP contribution in [-0.4, -0.2) is 45.6 Å². The van der Waals surface area contributed by atoms with Gasteiger partial charge in [-0.2, -0.15) is 0 Å². The minimum absolute atomic E-state index is 0.291. The highest BCUT2D eigenvalue weighted by Crippen LogP contribution is 2.46. The Morgan fingerprint density at radius 3 is 2.38 bits per heavy atom. The van der Waals surface area contributed by atoms with E-state index in [1.54, 1.807) is 44.0 Å². The number of ether oxygens (including phenoxy) is 2. The Hall–Kier alpha value is -3.44. The van der Waals surface area contributed by atoms with Gasteiger partial charge in [0.15, 0.2) is 12.4 Å². The van der Waals surface area contributed by atoms with E-state index in [2.05, 4.69) is 9.97 Å². The van der Waals surface area contributed by atoms with Gasteiger partial charge >= 0.3 is 0 Å². The average Bonchev–Trinajstić information content (AvgIpc) is 3.28. The number of methoxy groups -OCH3 is 1. The number of hydroxylamine groups is 2. The van der Waals surface area contributed by atoms with Crippen molar-refractivity contribution in [2.24, 2.45) is 0 Å². The Balaban J connectivity index is 1.41. The number of benzene rings is 1. The number of nitrogens with zero attached hydrogens (tertiary/aromatic N) is 4. The maximum Gasteiger partial charge on any atom is 0.265 e. The fourth-order valence-corrected chi connectivity index (χ4v) is 4.51. The van der Waals surface area contributed by atoms with E-state index in [0.717, 1.165) is 16.9 Å². The van der Waals surface area contributed by atoms with Crippen LogP contribution in [-0.2, 0) is 21.0 Å². The molecule has 0 saturated carbocycles. The quantitative estimate of drug-likeness (QED) is 0.384. The van der Waals surface area contributed by atoms with Crippen molar-refractivity contribution in [1.82, 2.24) is 15.2 Å². The highest BCUT2D eigenvalue weighted by molar-refractivity contribution is 5.27. The van der Waals surface area contributed by atoms with Crippen LogP contribution in [0.15, 0.2) is 73.3 Å². The van der Waals surface area contributed by atoms with Crippen molar-refractivity contribution in [3.05, 3.63) is 100 Å². The van der Waals surface area contributed by atoms with E-state index in [1.165, 1.54) is 5.23 Å². The van der Waals surface area contributed by atoms with Gasteiger partial charge < -0.3 is 9.47 Å². The largest absolute Gasteiger partial charge is 0.497 e. The van der Waals surface area contributed by atoms with Gasteiger partial charge in [-0.25, -0.2) is 4.84 Å². The number of nitro groups is 1. The van der Waals surface area contributed by atoms with Gasteiger partial charge in [0.05, 0.1) is 13.7 Å². The number of aromatic nitrogens is 2. The lowest BCUT2D eigenvalue weighted by atomic mass is 9.83. The molecule has 5 rings (SSSR count). The first-order valence-corrected chi connectivity index (χ1v) is 10.9. The van der Waals surface area contributed by atoms with Crippen molar-refractivity contribution in [1.29, 1.82) is 0 Å². The third-order valence-corrected chi connectivity index (χ3v) is 6.16. The lowest BCUT2D eigenvalue weighted by molar-refractivity contribution is -0.533. The third kappa shape index (κ3) is 4.48. The monoisotopic (exact) mass is 464 g/mol. The molecule has 0 aliphatic carbocycles. The van der Waals surface area contributed by atoms with Crippen LogP contribution in [0.4, 0.5) is 0 Å². The van der Waals surface area contributed by atoms with E-state index in [0.29, 0.717) is 18.6 Å². The van der Waals surface area contributed by atoms with Crippen LogP contribution >= 0.6 is 0 Å². The fraction of sp³-hybridized carbons (Fsp3) is 0.333. The molecule has 0 spiro atoms. The topological polar surface area (TPSA) is 109 Å². The van der Waals surface area contributed by atoms with Gasteiger partial charge in [-0.05, 0) is 35.4 Å². The first-order valence-electron chi connectivity index (χ1n) is 10.9. The molecule has 4 heterocycles. The summed E-state index contributed by atoms with van der Waals surface area (Å²) in [7, 11) is 1.61. The van der Waals surface area contributed by atoms with Crippen LogP contribution in [0, 0.1) is 10.1 Å². The number of rotatable bonds is 7. The number of fused-ring (bicyclic) bond motifs is 1. The van der Waals surface area contributed by atoms with Crippen molar-refractivity contribution < 1.29 is 24.1 Å². The molecule has 10 heteroatoms. The van der Waals surface area contributed by atoms with Gasteiger partial charge in [-0.15, -0.1) is 0 Å². The molecule has 34 heavy (non-hydrogen) atoms. The summed E-state index contributed by atoms with van der Waals surface area (Å²) in [5.41, 5.74) is 2.42. The highest BCUT2D eigenvalue weighted by Gasteiger charge is 2.59. The van der Waals surface area contributed by atoms with Crippen LogP contribution in [0.1, 0.15) is 35.1 Å². The second-order valence-corrected chi connectivity index (χ2v) is 8.19. The van der Waals surface area contributed by atoms with Gasteiger partial charge in [0.1, 0.15) is 11.8 Å². The van der Waals surface area contributed by atoms with Gasteiger partial charge in [0.2, 0.25) is 0 Å². The lowest BCUT2D eigenvalue weighted by Gasteiger charge is -2.37. The maximum atomic E-state index is 12.2. The summed E-state index contributed by atoms with van der Waals surface area (Å²) < 4.78 is 11.2. The first kappa shape index (κ1) is 22.4. The molecule has 176 valence electrons. The summed E-state index contributed by atoms with van der Waals surface area (Å²) in [6.07, 6.45) is 5.50. The van der Waals surface area contributed by atoms with Gasteiger partial charge in [0, 0.05) is 47.6 Å². The van der Waals surface area contributed by atoms with Crippen molar-refractivity contribution in [3.8, 4) is 5.75 Å². The SMILES string of the molecule is COc1ccc(COC2CC(c3cccnc3)C3C([N+](=O)[O-])C(c4cccnc4)ON3O2)cc1. The van der Waals surface area contributed by atoms with Crippen LogP contribution in [0.5, 0.6) is 5.75 Å². The summed E-state index contributed by atoms with van der Waals surface area (Å²) in [5, 5.41) is 13.5. The molecule has 2 aromatic heterocycles. The molecule has 2 aliphatic heterocycles. The third-order valence-electron chi connectivity index (χ3n) is 6.16. The summed E-state index contributed by atoms with van der Waals surface area (Å²) in [6, 6.07) is 13.1. The van der Waals surface area contributed by atoms with E-state index < -0.39 is 24.5 Å². The van der Waals surface area contributed by atoms with Crippen molar-refractivity contribution >= 4 is 0 Å². The minimum Gasteiger partial charge on any atom is -0.497 e. The van der Waals surface area contributed by atoms with Gasteiger partial charge in [0.25, 0.3) is 6.04 Å². The van der Waals surface area contributed by atoms with Crippen LogP contribution < -0.4 is 4.74 Å². The van der Waals surface area contributed by atoms with E-state index in [-0.39, 0.29) is 10.8 Å². The van der Waals surface area contributed by atoms with Crippen LogP contribution in [0.3, 0.4) is 0 Å². The van der Waals surface area contributed by atoms with Gasteiger partial charge in [-0.1, -0.05) is 29.5 Å².